The lowest BCUT2D eigenvalue weighted by atomic mass is 9.89. The van der Waals surface area contributed by atoms with E-state index in [1.54, 1.807) is 0 Å². The van der Waals surface area contributed by atoms with E-state index in [0.29, 0.717) is 6.04 Å². The summed E-state index contributed by atoms with van der Waals surface area (Å²) in [4.78, 5) is 0. The van der Waals surface area contributed by atoms with Crippen molar-refractivity contribution in [2.75, 3.05) is 0 Å². The Balaban J connectivity index is 2.08. The van der Waals surface area contributed by atoms with Crippen molar-refractivity contribution < 1.29 is 5.11 Å². The molecule has 1 aliphatic carbocycles. The van der Waals surface area contributed by atoms with Gasteiger partial charge in [-0.05, 0) is 36.7 Å². The minimum absolute atomic E-state index is 0.0890. The van der Waals surface area contributed by atoms with Gasteiger partial charge < -0.3 is 5.11 Å². The summed E-state index contributed by atoms with van der Waals surface area (Å²) < 4.78 is 2.09. The predicted octanol–water partition coefficient (Wildman–Crippen LogP) is 2.66. The summed E-state index contributed by atoms with van der Waals surface area (Å²) in [5, 5.41) is 13.9. The normalized spacial score (nSPS) is 27.0. The molecule has 0 spiro atoms. The Bertz CT molecular complexity index is 343. The van der Waals surface area contributed by atoms with Crippen LogP contribution >= 0.6 is 0 Å². The molecule has 1 aliphatic rings. The van der Waals surface area contributed by atoms with Gasteiger partial charge in [0, 0.05) is 6.20 Å². The predicted molar refractivity (Wildman–Crippen MR) is 64.4 cm³/mol. The summed E-state index contributed by atoms with van der Waals surface area (Å²) in [5.74, 6) is 0. The zero-order chi connectivity index (χ0) is 11.8. The van der Waals surface area contributed by atoms with Crippen molar-refractivity contribution in [3.05, 3.63) is 18.0 Å². The monoisotopic (exact) mass is 222 g/mol. The van der Waals surface area contributed by atoms with Gasteiger partial charge in [-0.3, -0.25) is 4.68 Å². The molecule has 1 fully saturated rings. The second kappa shape index (κ2) is 4.21. The lowest BCUT2D eigenvalue weighted by molar-refractivity contribution is 0.108. The maximum Gasteiger partial charge on any atom is 0.0541 e. The van der Waals surface area contributed by atoms with Crippen molar-refractivity contribution in [3.63, 3.8) is 0 Å². The van der Waals surface area contributed by atoms with Crippen LogP contribution in [-0.4, -0.2) is 21.0 Å². The first-order chi connectivity index (χ1) is 7.47. The maximum absolute atomic E-state index is 9.48. The third-order valence-electron chi connectivity index (χ3n) is 3.51. The zero-order valence-corrected chi connectivity index (χ0v) is 10.5. The first-order valence-electron chi connectivity index (χ1n) is 6.19. The van der Waals surface area contributed by atoms with Gasteiger partial charge in [-0.1, -0.05) is 20.8 Å². The molecule has 0 aliphatic heterocycles. The molecule has 0 bridgehead atoms. The number of aliphatic hydroxyl groups is 1. The topological polar surface area (TPSA) is 38.0 Å². The van der Waals surface area contributed by atoms with E-state index in [0.717, 1.165) is 25.7 Å². The molecule has 3 heteroatoms. The van der Waals surface area contributed by atoms with Crippen LogP contribution < -0.4 is 0 Å². The van der Waals surface area contributed by atoms with Crippen molar-refractivity contribution in [2.45, 2.75) is 64.0 Å². The molecular weight excluding hydrogens is 200 g/mol. The lowest BCUT2D eigenvalue weighted by Crippen LogP contribution is -2.21. The molecule has 1 N–H and O–H groups in total. The number of rotatable bonds is 1. The van der Waals surface area contributed by atoms with E-state index in [1.807, 2.05) is 6.20 Å². The molecule has 90 valence electrons. The molecule has 16 heavy (non-hydrogen) atoms. The molecule has 0 saturated heterocycles. The quantitative estimate of drug-likeness (QED) is 0.793. The van der Waals surface area contributed by atoms with Crippen LogP contribution in [0.1, 0.15) is 58.1 Å². The van der Waals surface area contributed by atoms with E-state index >= 15 is 0 Å². The van der Waals surface area contributed by atoms with E-state index in [4.69, 9.17) is 0 Å². The fourth-order valence-corrected chi connectivity index (χ4v) is 2.25. The van der Waals surface area contributed by atoms with Crippen LogP contribution in [0.25, 0.3) is 0 Å². The van der Waals surface area contributed by atoms with Gasteiger partial charge in [0.25, 0.3) is 0 Å². The fraction of sp³-hybridized carbons (Fsp3) is 0.769. The van der Waals surface area contributed by atoms with Crippen molar-refractivity contribution in [3.8, 4) is 0 Å². The molecule has 1 aromatic heterocycles. The van der Waals surface area contributed by atoms with Crippen LogP contribution in [-0.2, 0) is 5.41 Å². The van der Waals surface area contributed by atoms with Gasteiger partial charge in [0.2, 0.25) is 0 Å². The van der Waals surface area contributed by atoms with Crippen LogP contribution in [0.5, 0.6) is 0 Å². The van der Waals surface area contributed by atoms with Gasteiger partial charge in [-0.2, -0.15) is 5.10 Å². The number of nitrogens with zero attached hydrogens (tertiary/aromatic N) is 2. The minimum atomic E-state index is -0.0890. The highest BCUT2D eigenvalue weighted by Gasteiger charge is 2.23. The number of aliphatic hydroxyl groups excluding tert-OH is 1. The van der Waals surface area contributed by atoms with Gasteiger partial charge in [0.1, 0.15) is 0 Å². The summed E-state index contributed by atoms with van der Waals surface area (Å²) in [6.07, 6.45) is 7.98. The standard InChI is InChI=1S/C13H22N2O/c1-13(2,3)10-8-14-15(9-10)11-4-6-12(16)7-5-11/h8-9,11-12,16H,4-7H2,1-3H3. The first kappa shape index (κ1) is 11.6. The van der Waals surface area contributed by atoms with Crippen LogP contribution in [0.3, 0.4) is 0 Å². The Kier molecular flexibility index (Phi) is 3.06. The van der Waals surface area contributed by atoms with E-state index in [9.17, 15) is 5.11 Å². The molecule has 1 saturated carbocycles. The van der Waals surface area contributed by atoms with Gasteiger partial charge in [-0.25, -0.2) is 0 Å². The Labute approximate surface area is 97.5 Å². The second-order valence-corrected chi connectivity index (χ2v) is 5.92. The van der Waals surface area contributed by atoms with Crippen molar-refractivity contribution in [2.24, 2.45) is 0 Å². The van der Waals surface area contributed by atoms with Crippen molar-refractivity contribution in [1.82, 2.24) is 9.78 Å². The van der Waals surface area contributed by atoms with Gasteiger partial charge >= 0.3 is 0 Å². The Morgan fingerprint density at radius 2 is 1.88 bits per heavy atom. The SMILES string of the molecule is CC(C)(C)c1cnn(C2CCC(O)CC2)c1. The second-order valence-electron chi connectivity index (χ2n) is 5.92. The first-order valence-corrected chi connectivity index (χ1v) is 6.19. The summed E-state index contributed by atoms with van der Waals surface area (Å²) in [7, 11) is 0. The summed E-state index contributed by atoms with van der Waals surface area (Å²) in [6, 6.07) is 0.486. The van der Waals surface area contributed by atoms with E-state index < -0.39 is 0 Å². The summed E-state index contributed by atoms with van der Waals surface area (Å²) >= 11 is 0. The summed E-state index contributed by atoms with van der Waals surface area (Å²) in [5.41, 5.74) is 1.46. The van der Waals surface area contributed by atoms with Crippen LogP contribution in [0, 0.1) is 0 Å². The highest BCUT2D eigenvalue weighted by molar-refractivity contribution is 5.15. The van der Waals surface area contributed by atoms with E-state index in [1.165, 1.54) is 5.56 Å². The van der Waals surface area contributed by atoms with E-state index in [-0.39, 0.29) is 11.5 Å². The molecule has 0 unspecified atom stereocenters. The number of hydrogen-bond acceptors (Lipinski definition) is 2. The summed E-state index contributed by atoms with van der Waals surface area (Å²) in [6.45, 7) is 6.62. The smallest absolute Gasteiger partial charge is 0.0541 e. The van der Waals surface area contributed by atoms with Crippen molar-refractivity contribution >= 4 is 0 Å². The minimum Gasteiger partial charge on any atom is -0.393 e. The molecule has 2 rings (SSSR count). The molecule has 3 nitrogen and oxygen atoms in total. The van der Waals surface area contributed by atoms with Gasteiger partial charge in [0.15, 0.2) is 0 Å². The molecule has 0 amide bonds. The fourth-order valence-electron chi connectivity index (χ4n) is 2.25. The highest BCUT2D eigenvalue weighted by atomic mass is 16.3. The van der Waals surface area contributed by atoms with Crippen LogP contribution in [0.2, 0.25) is 0 Å². The third kappa shape index (κ3) is 2.46. The van der Waals surface area contributed by atoms with Crippen LogP contribution in [0.4, 0.5) is 0 Å². The molecule has 1 aromatic rings. The average molecular weight is 222 g/mol. The van der Waals surface area contributed by atoms with Crippen molar-refractivity contribution in [1.29, 1.82) is 0 Å². The Hall–Kier alpha value is -0.830. The van der Waals surface area contributed by atoms with Gasteiger partial charge in [-0.15, -0.1) is 0 Å². The average Bonchev–Trinajstić information content (AvgIpc) is 2.67. The van der Waals surface area contributed by atoms with E-state index in [2.05, 4.69) is 36.7 Å². The maximum atomic E-state index is 9.48. The lowest BCUT2D eigenvalue weighted by Gasteiger charge is -2.25. The Morgan fingerprint density at radius 1 is 1.25 bits per heavy atom. The molecular formula is C13H22N2O. The largest absolute Gasteiger partial charge is 0.393 e. The zero-order valence-electron chi connectivity index (χ0n) is 10.5. The molecule has 0 atom stereocenters. The number of hydrogen-bond donors (Lipinski definition) is 1. The molecule has 0 aromatic carbocycles. The molecule has 0 radical (unpaired) electrons. The third-order valence-corrected chi connectivity index (χ3v) is 3.51. The number of aromatic nitrogens is 2. The van der Waals surface area contributed by atoms with Gasteiger partial charge in [0.05, 0.1) is 18.3 Å². The van der Waals surface area contributed by atoms with Crippen LogP contribution in [0.15, 0.2) is 12.4 Å². The Morgan fingerprint density at radius 3 is 2.38 bits per heavy atom. The highest BCUT2D eigenvalue weighted by Crippen LogP contribution is 2.29. The molecule has 1 heterocycles.